The molecule has 0 saturated heterocycles. The number of hydrogen-bond donors (Lipinski definition) is 1. The van der Waals surface area contributed by atoms with Crippen molar-refractivity contribution in [1.29, 1.82) is 0 Å². The highest BCUT2D eigenvalue weighted by Gasteiger charge is 2.13. The van der Waals surface area contributed by atoms with Crippen LogP contribution in [0, 0.1) is 0 Å². The average molecular weight is 249 g/mol. The van der Waals surface area contributed by atoms with Gasteiger partial charge in [-0.05, 0) is 19.1 Å². The summed E-state index contributed by atoms with van der Waals surface area (Å²) in [7, 11) is 0. The number of ether oxygens (including phenoxy) is 3. The normalized spacial score (nSPS) is 12.1. The minimum absolute atomic E-state index is 0.244. The molecular formula is C13H15NO4. The van der Waals surface area contributed by atoms with Gasteiger partial charge in [0.15, 0.2) is 11.5 Å². The number of anilines is 1. The monoisotopic (exact) mass is 249 g/mol. The summed E-state index contributed by atoms with van der Waals surface area (Å²) in [5, 5.41) is 3.08. The van der Waals surface area contributed by atoms with Crippen molar-refractivity contribution in [2.24, 2.45) is 0 Å². The maximum Gasteiger partial charge on any atom is 0.335 e. The van der Waals surface area contributed by atoms with Gasteiger partial charge >= 0.3 is 5.97 Å². The van der Waals surface area contributed by atoms with Crippen LogP contribution in [-0.2, 0) is 9.53 Å². The van der Waals surface area contributed by atoms with Crippen LogP contribution in [0.3, 0.4) is 0 Å². The van der Waals surface area contributed by atoms with Crippen LogP contribution in [0.2, 0.25) is 0 Å². The van der Waals surface area contributed by atoms with Crippen molar-refractivity contribution in [3.8, 4) is 11.5 Å². The van der Waals surface area contributed by atoms with Gasteiger partial charge in [0, 0.05) is 23.9 Å². The van der Waals surface area contributed by atoms with Crippen molar-refractivity contribution < 1.29 is 19.0 Å². The van der Waals surface area contributed by atoms with Gasteiger partial charge < -0.3 is 19.5 Å². The second kappa shape index (κ2) is 5.44. The van der Waals surface area contributed by atoms with Crippen molar-refractivity contribution in [1.82, 2.24) is 0 Å². The topological polar surface area (TPSA) is 56.8 Å². The Kier molecular flexibility index (Phi) is 3.72. The molecule has 0 aromatic heterocycles. The van der Waals surface area contributed by atoms with Gasteiger partial charge in [0.1, 0.15) is 0 Å². The van der Waals surface area contributed by atoms with Crippen LogP contribution in [-0.4, -0.2) is 25.9 Å². The summed E-state index contributed by atoms with van der Waals surface area (Å²) in [6.07, 6.45) is 0. The Morgan fingerprint density at radius 1 is 1.44 bits per heavy atom. The van der Waals surface area contributed by atoms with Crippen LogP contribution in [0.25, 0.3) is 0 Å². The molecule has 0 aliphatic carbocycles. The molecule has 0 saturated carbocycles. The van der Waals surface area contributed by atoms with Gasteiger partial charge in [-0.25, -0.2) is 4.79 Å². The first-order valence-corrected chi connectivity index (χ1v) is 5.69. The van der Waals surface area contributed by atoms with Gasteiger partial charge in [0.05, 0.1) is 6.61 Å². The summed E-state index contributed by atoms with van der Waals surface area (Å²) in [5.41, 5.74) is 1.22. The minimum Gasteiger partial charge on any atom is -0.463 e. The van der Waals surface area contributed by atoms with Gasteiger partial charge in [-0.3, -0.25) is 0 Å². The van der Waals surface area contributed by atoms with Gasteiger partial charge in [0.25, 0.3) is 0 Å². The van der Waals surface area contributed by atoms with E-state index in [4.69, 9.17) is 14.2 Å². The lowest BCUT2D eigenvalue weighted by Crippen LogP contribution is -2.14. The summed E-state index contributed by atoms with van der Waals surface area (Å²) >= 11 is 0. The number of hydrogen-bond acceptors (Lipinski definition) is 5. The van der Waals surface area contributed by atoms with E-state index in [1.54, 1.807) is 6.92 Å². The second-order valence-corrected chi connectivity index (χ2v) is 3.75. The van der Waals surface area contributed by atoms with Crippen molar-refractivity contribution in [2.45, 2.75) is 6.92 Å². The molecule has 1 aromatic carbocycles. The molecule has 1 N–H and O–H groups in total. The summed E-state index contributed by atoms with van der Waals surface area (Å²) in [6, 6.07) is 5.49. The first-order chi connectivity index (χ1) is 8.70. The fourth-order valence-corrected chi connectivity index (χ4v) is 1.52. The number of esters is 1. The van der Waals surface area contributed by atoms with E-state index >= 15 is 0 Å². The predicted molar refractivity (Wildman–Crippen MR) is 66.8 cm³/mol. The van der Waals surface area contributed by atoms with Crippen LogP contribution in [0.5, 0.6) is 11.5 Å². The van der Waals surface area contributed by atoms with Crippen LogP contribution < -0.4 is 14.8 Å². The summed E-state index contributed by atoms with van der Waals surface area (Å²) in [4.78, 5) is 11.3. The molecule has 1 heterocycles. The van der Waals surface area contributed by atoms with E-state index in [-0.39, 0.29) is 12.8 Å². The molecule has 0 amide bonds. The Labute approximate surface area is 105 Å². The van der Waals surface area contributed by atoms with Gasteiger partial charge in [-0.15, -0.1) is 0 Å². The van der Waals surface area contributed by atoms with E-state index in [1.807, 2.05) is 18.2 Å². The van der Waals surface area contributed by atoms with E-state index in [1.165, 1.54) is 0 Å². The van der Waals surface area contributed by atoms with E-state index < -0.39 is 0 Å². The number of nitrogens with one attached hydrogen (secondary N) is 1. The van der Waals surface area contributed by atoms with Crippen molar-refractivity contribution in [3.63, 3.8) is 0 Å². The van der Waals surface area contributed by atoms with Crippen molar-refractivity contribution >= 4 is 11.7 Å². The molecule has 1 aliphatic heterocycles. The zero-order valence-corrected chi connectivity index (χ0v) is 10.2. The van der Waals surface area contributed by atoms with E-state index in [0.29, 0.717) is 24.5 Å². The standard InChI is InChI=1S/C13H15NO4/c1-3-16-13(15)9(2)7-14-10-4-5-11-12(6-10)18-8-17-11/h4-6,14H,2-3,7-8H2,1H3. The van der Waals surface area contributed by atoms with Crippen molar-refractivity contribution in [3.05, 3.63) is 30.4 Å². The molecule has 18 heavy (non-hydrogen) atoms. The maximum atomic E-state index is 11.3. The zero-order chi connectivity index (χ0) is 13.0. The summed E-state index contributed by atoms with van der Waals surface area (Å²) in [5.74, 6) is 1.04. The Balaban J connectivity index is 1.90. The first-order valence-electron chi connectivity index (χ1n) is 5.69. The SMILES string of the molecule is C=C(CNc1ccc2c(c1)OCO2)C(=O)OCC. The molecule has 0 unspecified atom stereocenters. The number of rotatable bonds is 5. The van der Waals surface area contributed by atoms with E-state index in [0.717, 1.165) is 11.4 Å². The fraction of sp³-hybridized carbons (Fsp3) is 0.308. The van der Waals surface area contributed by atoms with Gasteiger partial charge in [0.2, 0.25) is 6.79 Å². The zero-order valence-electron chi connectivity index (χ0n) is 10.2. The number of benzene rings is 1. The number of fused-ring (bicyclic) bond motifs is 1. The molecule has 0 radical (unpaired) electrons. The molecule has 2 rings (SSSR count). The van der Waals surface area contributed by atoms with E-state index in [9.17, 15) is 4.79 Å². The van der Waals surface area contributed by atoms with Crippen LogP contribution in [0.15, 0.2) is 30.4 Å². The molecule has 96 valence electrons. The van der Waals surface area contributed by atoms with Crippen molar-refractivity contribution in [2.75, 3.05) is 25.3 Å². The average Bonchev–Trinajstić information content (AvgIpc) is 2.83. The van der Waals surface area contributed by atoms with Gasteiger partial charge in [-0.2, -0.15) is 0 Å². The molecule has 5 heteroatoms. The lowest BCUT2D eigenvalue weighted by molar-refractivity contribution is -0.138. The summed E-state index contributed by atoms with van der Waals surface area (Å²) < 4.78 is 15.3. The molecule has 1 aromatic rings. The summed E-state index contributed by atoms with van der Waals surface area (Å²) in [6.45, 7) is 6.35. The largest absolute Gasteiger partial charge is 0.463 e. The van der Waals surface area contributed by atoms with Crippen LogP contribution >= 0.6 is 0 Å². The highest BCUT2D eigenvalue weighted by Crippen LogP contribution is 2.34. The predicted octanol–water partition coefficient (Wildman–Crippen LogP) is 1.95. The third-order valence-corrected chi connectivity index (χ3v) is 2.44. The first kappa shape index (κ1) is 12.3. The van der Waals surface area contributed by atoms with Crippen LogP contribution in [0.1, 0.15) is 6.92 Å². The highest BCUT2D eigenvalue weighted by atomic mass is 16.7. The highest BCUT2D eigenvalue weighted by molar-refractivity contribution is 5.88. The molecule has 0 spiro atoms. The molecular weight excluding hydrogens is 234 g/mol. The molecule has 0 atom stereocenters. The molecule has 5 nitrogen and oxygen atoms in total. The maximum absolute atomic E-state index is 11.3. The second-order valence-electron chi connectivity index (χ2n) is 3.75. The lowest BCUT2D eigenvalue weighted by Gasteiger charge is -2.08. The van der Waals surface area contributed by atoms with Crippen LogP contribution in [0.4, 0.5) is 5.69 Å². The number of carbonyl (C=O) groups excluding carboxylic acids is 1. The lowest BCUT2D eigenvalue weighted by atomic mass is 10.2. The fourth-order valence-electron chi connectivity index (χ4n) is 1.52. The Hall–Kier alpha value is -2.17. The third-order valence-electron chi connectivity index (χ3n) is 2.44. The number of carbonyl (C=O) groups is 1. The Morgan fingerprint density at radius 3 is 3.00 bits per heavy atom. The quantitative estimate of drug-likeness (QED) is 0.638. The Bertz CT molecular complexity index is 470. The molecule has 0 bridgehead atoms. The molecule has 1 aliphatic rings. The van der Waals surface area contributed by atoms with Gasteiger partial charge in [-0.1, -0.05) is 6.58 Å². The third kappa shape index (κ3) is 2.74. The van der Waals surface area contributed by atoms with E-state index in [2.05, 4.69) is 11.9 Å². The molecule has 0 fully saturated rings. The minimum atomic E-state index is -0.384. The smallest absolute Gasteiger partial charge is 0.335 e. The Morgan fingerprint density at radius 2 is 2.22 bits per heavy atom.